The van der Waals surface area contributed by atoms with Crippen molar-refractivity contribution in [3.63, 3.8) is 0 Å². The van der Waals surface area contributed by atoms with Crippen molar-refractivity contribution in [1.29, 1.82) is 0 Å². The van der Waals surface area contributed by atoms with E-state index in [0.29, 0.717) is 18.1 Å². The standard InChI is InChI=1S/C18H24N2O4S/c1-2-9-19-25(22,23)16-5-3-4-14(11-16)18(21)20-15-8-10-24-17(12-15)13-6-7-13/h2-5,11,13,15,17,19H,1,6-10,12H2,(H,20,21)/t15-,17+/m0/s1. The highest BCUT2D eigenvalue weighted by molar-refractivity contribution is 7.89. The lowest BCUT2D eigenvalue weighted by molar-refractivity contribution is -0.0102. The van der Waals surface area contributed by atoms with Crippen molar-refractivity contribution in [2.45, 2.75) is 42.7 Å². The number of rotatable bonds is 7. The lowest BCUT2D eigenvalue weighted by Crippen LogP contribution is -2.42. The molecule has 0 spiro atoms. The Bertz CT molecular complexity index is 743. The van der Waals surface area contributed by atoms with Gasteiger partial charge in [-0.05, 0) is 49.8 Å². The van der Waals surface area contributed by atoms with Gasteiger partial charge in [0.15, 0.2) is 0 Å². The second-order valence-electron chi connectivity index (χ2n) is 6.61. The molecular weight excluding hydrogens is 340 g/mol. The normalized spacial score (nSPS) is 23.8. The molecule has 7 heteroatoms. The van der Waals surface area contributed by atoms with Crippen LogP contribution in [0.25, 0.3) is 0 Å². The minimum atomic E-state index is -3.64. The Morgan fingerprint density at radius 2 is 2.12 bits per heavy atom. The minimum Gasteiger partial charge on any atom is -0.378 e. The third-order valence-electron chi connectivity index (χ3n) is 4.62. The van der Waals surface area contributed by atoms with Gasteiger partial charge in [-0.15, -0.1) is 6.58 Å². The van der Waals surface area contributed by atoms with Crippen molar-refractivity contribution >= 4 is 15.9 Å². The zero-order chi connectivity index (χ0) is 17.9. The molecule has 1 aliphatic carbocycles. The van der Waals surface area contributed by atoms with Crippen LogP contribution in [0.3, 0.4) is 0 Å². The highest BCUT2D eigenvalue weighted by atomic mass is 32.2. The summed E-state index contributed by atoms with van der Waals surface area (Å²) in [5.41, 5.74) is 0.343. The fourth-order valence-corrected chi connectivity index (χ4v) is 4.12. The van der Waals surface area contributed by atoms with Gasteiger partial charge in [0.2, 0.25) is 10.0 Å². The summed E-state index contributed by atoms with van der Waals surface area (Å²) in [7, 11) is -3.64. The van der Waals surface area contributed by atoms with Gasteiger partial charge in [-0.25, -0.2) is 13.1 Å². The topological polar surface area (TPSA) is 84.5 Å². The van der Waals surface area contributed by atoms with Gasteiger partial charge in [0, 0.05) is 24.8 Å². The molecular formula is C18H24N2O4S. The summed E-state index contributed by atoms with van der Waals surface area (Å²) in [5.74, 6) is 0.395. The molecule has 136 valence electrons. The highest BCUT2D eigenvalue weighted by Crippen LogP contribution is 2.38. The van der Waals surface area contributed by atoms with E-state index in [1.165, 1.54) is 31.1 Å². The largest absolute Gasteiger partial charge is 0.378 e. The predicted octanol–water partition coefficient (Wildman–Crippen LogP) is 1.84. The SMILES string of the molecule is C=CCNS(=O)(=O)c1cccc(C(=O)N[C@H]2CCO[C@@H](C3CC3)C2)c1. The number of benzene rings is 1. The molecule has 1 amide bonds. The van der Waals surface area contributed by atoms with Crippen LogP contribution >= 0.6 is 0 Å². The predicted molar refractivity (Wildman–Crippen MR) is 94.8 cm³/mol. The molecule has 2 aliphatic rings. The second-order valence-corrected chi connectivity index (χ2v) is 8.38. The van der Waals surface area contributed by atoms with Gasteiger partial charge < -0.3 is 10.1 Å². The lowest BCUT2D eigenvalue weighted by atomic mass is 9.99. The van der Waals surface area contributed by atoms with Crippen molar-refractivity contribution in [3.05, 3.63) is 42.5 Å². The van der Waals surface area contributed by atoms with E-state index in [2.05, 4.69) is 16.6 Å². The fourth-order valence-electron chi connectivity index (χ4n) is 3.08. The molecule has 0 unspecified atom stereocenters. The van der Waals surface area contributed by atoms with E-state index >= 15 is 0 Å². The second kappa shape index (κ2) is 7.68. The van der Waals surface area contributed by atoms with Gasteiger partial charge >= 0.3 is 0 Å². The molecule has 2 atom stereocenters. The Morgan fingerprint density at radius 3 is 2.84 bits per heavy atom. The van der Waals surface area contributed by atoms with Crippen molar-refractivity contribution in [2.75, 3.05) is 13.2 Å². The van der Waals surface area contributed by atoms with E-state index in [9.17, 15) is 13.2 Å². The molecule has 1 saturated heterocycles. The van der Waals surface area contributed by atoms with Crippen LogP contribution in [0.2, 0.25) is 0 Å². The Kier molecular flexibility index (Phi) is 5.56. The Morgan fingerprint density at radius 1 is 1.32 bits per heavy atom. The van der Waals surface area contributed by atoms with Crippen molar-refractivity contribution in [3.8, 4) is 0 Å². The summed E-state index contributed by atoms with van der Waals surface area (Å²) < 4.78 is 32.5. The first-order valence-corrected chi connectivity index (χ1v) is 10.1. The van der Waals surface area contributed by atoms with E-state index in [4.69, 9.17) is 4.74 Å². The minimum absolute atomic E-state index is 0.0739. The quantitative estimate of drug-likeness (QED) is 0.723. The smallest absolute Gasteiger partial charge is 0.251 e. The third-order valence-corrected chi connectivity index (χ3v) is 6.04. The van der Waals surface area contributed by atoms with Crippen LogP contribution in [0.15, 0.2) is 41.8 Å². The van der Waals surface area contributed by atoms with Gasteiger partial charge in [-0.1, -0.05) is 12.1 Å². The molecule has 0 bridgehead atoms. The number of carbonyl (C=O) groups excluding carboxylic acids is 1. The first-order valence-electron chi connectivity index (χ1n) is 8.62. The average Bonchev–Trinajstić information content (AvgIpc) is 3.45. The molecule has 6 nitrogen and oxygen atoms in total. The van der Waals surface area contributed by atoms with E-state index in [1.54, 1.807) is 12.1 Å². The summed E-state index contributed by atoms with van der Waals surface area (Å²) in [6.07, 6.45) is 5.75. The molecule has 3 rings (SSSR count). The number of carbonyl (C=O) groups is 1. The van der Waals surface area contributed by atoms with Gasteiger partial charge in [0.05, 0.1) is 11.0 Å². The van der Waals surface area contributed by atoms with E-state index in [-0.39, 0.29) is 29.5 Å². The zero-order valence-corrected chi connectivity index (χ0v) is 14.9. The number of nitrogens with one attached hydrogen (secondary N) is 2. The van der Waals surface area contributed by atoms with Gasteiger partial charge in [-0.3, -0.25) is 4.79 Å². The van der Waals surface area contributed by atoms with Crippen molar-refractivity contribution in [2.24, 2.45) is 5.92 Å². The lowest BCUT2D eigenvalue weighted by Gasteiger charge is -2.30. The number of hydrogen-bond acceptors (Lipinski definition) is 4. The average molecular weight is 364 g/mol. The number of hydrogen-bond donors (Lipinski definition) is 2. The van der Waals surface area contributed by atoms with Crippen LogP contribution in [0.4, 0.5) is 0 Å². The summed E-state index contributed by atoms with van der Waals surface area (Å²) in [4.78, 5) is 12.6. The van der Waals surface area contributed by atoms with Crippen LogP contribution < -0.4 is 10.0 Å². The van der Waals surface area contributed by atoms with Crippen LogP contribution in [0.5, 0.6) is 0 Å². The molecule has 2 N–H and O–H groups in total. The van der Waals surface area contributed by atoms with Gasteiger partial charge in [-0.2, -0.15) is 0 Å². The zero-order valence-electron chi connectivity index (χ0n) is 14.1. The number of sulfonamides is 1. The Balaban J connectivity index is 1.65. The van der Waals surface area contributed by atoms with Crippen LogP contribution in [-0.2, 0) is 14.8 Å². The number of amides is 1. The molecule has 1 saturated carbocycles. The Hall–Kier alpha value is -1.70. The van der Waals surface area contributed by atoms with Crippen LogP contribution in [0, 0.1) is 5.92 Å². The fraction of sp³-hybridized carbons (Fsp3) is 0.500. The molecule has 1 aliphatic heterocycles. The summed E-state index contributed by atoms with van der Waals surface area (Å²) in [6.45, 7) is 4.29. The van der Waals surface area contributed by atoms with Crippen molar-refractivity contribution < 1.29 is 17.9 Å². The molecule has 2 fully saturated rings. The third kappa shape index (κ3) is 4.68. The van der Waals surface area contributed by atoms with Crippen molar-refractivity contribution in [1.82, 2.24) is 10.0 Å². The molecule has 0 radical (unpaired) electrons. The highest BCUT2D eigenvalue weighted by Gasteiger charge is 2.36. The number of ether oxygens (including phenoxy) is 1. The van der Waals surface area contributed by atoms with Gasteiger partial charge in [0.25, 0.3) is 5.91 Å². The van der Waals surface area contributed by atoms with Crippen LogP contribution in [-0.4, -0.2) is 39.6 Å². The Labute approximate surface area is 148 Å². The molecule has 1 heterocycles. The molecule has 25 heavy (non-hydrogen) atoms. The van der Waals surface area contributed by atoms with E-state index < -0.39 is 10.0 Å². The maximum atomic E-state index is 12.5. The van der Waals surface area contributed by atoms with Gasteiger partial charge in [0.1, 0.15) is 0 Å². The molecule has 0 aromatic heterocycles. The monoisotopic (exact) mass is 364 g/mol. The summed E-state index contributed by atoms with van der Waals surface area (Å²) >= 11 is 0. The summed E-state index contributed by atoms with van der Waals surface area (Å²) in [6, 6.07) is 6.15. The first kappa shape index (κ1) is 18.1. The first-order chi connectivity index (χ1) is 12.0. The van der Waals surface area contributed by atoms with E-state index in [1.807, 2.05) is 0 Å². The molecule has 1 aromatic carbocycles. The van der Waals surface area contributed by atoms with Crippen LogP contribution in [0.1, 0.15) is 36.0 Å². The maximum Gasteiger partial charge on any atom is 0.251 e. The van der Waals surface area contributed by atoms with E-state index in [0.717, 1.165) is 12.8 Å². The maximum absolute atomic E-state index is 12.5. The summed E-state index contributed by atoms with van der Waals surface area (Å²) in [5, 5.41) is 3.02. The molecule has 1 aromatic rings.